The van der Waals surface area contributed by atoms with Gasteiger partial charge in [0, 0.05) is 58.7 Å². The minimum Gasteiger partial charge on any atom is -0.329 e. The van der Waals surface area contributed by atoms with Crippen LogP contribution in [0.3, 0.4) is 0 Å². The molecule has 0 unspecified atom stereocenters. The van der Waals surface area contributed by atoms with Crippen molar-refractivity contribution in [2.24, 2.45) is 7.05 Å². The third-order valence-electron chi connectivity index (χ3n) is 9.16. The molecule has 11 heteroatoms. The molecule has 0 N–H and O–H groups in total. The van der Waals surface area contributed by atoms with Crippen molar-refractivity contribution in [2.45, 2.75) is 44.7 Å². The van der Waals surface area contributed by atoms with Gasteiger partial charge in [-0.1, -0.05) is 18.7 Å². The molecule has 6 aromatic rings. The van der Waals surface area contributed by atoms with Crippen molar-refractivity contribution in [1.82, 2.24) is 29.4 Å². The van der Waals surface area contributed by atoms with Crippen LogP contribution < -0.4 is 0 Å². The van der Waals surface area contributed by atoms with Crippen molar-refractivity contribution in [3.63, 3.8) is 0 Å². The zero-order chi connectivity index (χ0) is 32.0. The Bertz CT molecular complexity index is 2250. The number of hydrogen-bond acceptors (Lipinski definition) is 5. The molecular weight excluding hydrogens is 609 g/mol. The summed E-state index contributed by atoms with van der Waals surface area (Å²) < 4.78 is 51.0. The van der Waals surface area contributed by atoms with Crippen LogP contribution in [0.25, 0.3) is 54.8 Å². The van der Waals surface area contributed by atoms with Crippen LogP contribution in [0.15, 0.2) is 60.6 Å². The molecule has 1 fully saturated rings. The summed E-state index contributed by atoms with van der Waals surface area (Å²) in [5.74, 6) is -2.19. The first-order chi connectivity index (χ1) is 22.1. The minimum absolute atomic E-state index is 0.0373. The van der Waals surface area contributed by atoms with Crippen molar-refractivity contribution in [1.29, 1.82) is 0 Å². The topological polar surface area (TPSA) is 68.8 Å². The van der Waals surface area contributed by atoms with E-state index in [0.29, 0.717) is 28.2 Å². The van der Waals surface area contributed by atoms with Gasteiger partial charge in [0.2, 0.25) is 5.91 Å². The number of benzene rings is 2. The molecule has 2 aromatic carbocycles. The maximum atomic E-state index is 16.1. The molecule has 1 amide bonds. The number of carbonyl (C=O) groups is 1. The van der Waals surface area contributed by atoms with Crippen molar-refractivity contribution >= 4 is 38.2 Å². The molecule has 0 spiro atoms. The number of aromatic nitrogens is 5. The van der Waals surface area contributed by atoms with Crippen molar-refractivity contribution in [2.75, 3.05) is 6.54 Å². The second kappa shape index (κ2) is 10.4. The summed E-state index contributed by atoms with van der Waals surface area (Å²) in [4.78, 5) is 19.6. The van der Waals surface area contributed by atoms with Gasteiger partial charge in [-0.25, -0.2) is 18.2 Å². The lowest BCUT2D eigenvalue weighted by molar-refractivity contribution is -0.129. The first-order valence-electron chi connectivity index (χ1n) is 15.2. The number of hydrogen-bond donors (Lipinski definition) is 0. The minimum atomic E-state index is -0.770. The Morgan fingerprint density at radius 1 is 1.02 bits per heavy atom. The van der Waals surface area contributed by atoms with Gasteiger partial charge in [-0.15, -0.1) is 11.3 Å². The standard InChI is InChI=1S/C35H29F3N6OS/c1-5-29(45)43-14-17(2)44-28(18(43)3)13-27(41-44)34-32(30-23(19-6-7-19)11-22(36)12-24(30)37)31-25(38)16-46-35(31)33(39-34)20-8-9-21-15-42(4)40-26(21)10-20/h5,8-13,15-19H,1,6-7,14H2,2-4H3/t17-,18+/m0/s1. The Hall–Kier alpha value is -4.77. The average Bonchev–Trinajstić information content (AvgIpc) is 3.48. The Kier molecular flexibility index (Phi) is 6.47. The molecule has 1 saturated carbocycles. The third kappa shape index (κ3) is 4.39. The highest BCUT2D eigenvalue weighted by Crippen LogP contribution is 2.51. The van der Waals surface area contributed by atoms with E-state index in [2.05, 4.69) is 11.7 Å². The van der Waals surface area contributed by atoms with E-state index in [4.69, 9.17) is 10.1 Å². The zero-order valence-corrected chi connectivity index (χ0v) is 26.2. The van der Waals surface area contributed by atoms with Crippen LogP contribution in [0.2, 0.25) is 0 Å². The van der Waals surface area contributed by atoms with Crippen LogP contribution in [0.5, 0.6) is 0 Å². The van der Waals surface area contributed by atoms with E-state index < -0.39 is 17.5 Å². The zero-order valence-electron chi connectivity index (χ0n) is 25.4. The third-order valence-corrected chi connectivity index (χ3v) is 10.1. The lowest BCUT2D eigenvalue weighted by Gasteiger charge is -2.36. The molecule has 0 saturated heterocycles. The van der Waals surface area contributed by atoms with Gasteiger partial charge in [0.05, 0.1) is 39.4 Å². The number of carbonyl (C=O) groups excluding carboxylic acids is 1. The predicted octanol–water partition coefficient (Wildman–Crippen LogP) is 8.33. The average molecular weight is 639 g/mol. The Labute approximate surface area is 266 Å². The number of amides is 1. The number of thiophene rings is 1. The smallest absolute Gasteiger partial charge is 0.246 e. The molecule has 2 aliphatic rings. The molecule has 0 radical (unpaired) electrons. The Balaban J connectivity index is 1.45. The second-order valence-electron chi connectivity index (χ2n) is 12.3. The number of fused-ring (bicyclic) bond motifs is 3. The molecular formula is C35H29F3N6OS. The monoisotopic (exact) mass is 638 g/mol. The van der Waals surface area contributed by atoms with Crippen LogP contribution >= 0.6 is 11.3 Å². The maximum Gasteiger partial charge on any atom is 0.246 e. The van der Waals surface area contributed by atoms with E-state index >= 15 is 8.78 Å². The maximum absolute atomic E-state index is 16.1. The fourth-order valence-corrected chi connectivity index (χ4v) is 7.77. The fourth-order valence-electron chi connectivity index (χ4n) is 6.83. The largest absolute Gasteiger partial charge is 0.329 e. The van der Waals surface area contributed by atoms with Crippen LogP contribution in [0.1, 0.15) is 55.9 Å². The van der Waals surface area contributed by atoms with E-state index in [-0.39, 0.29) is 46.1 Å². The number of halogens is 3. The highest BCUT2D eigenvalue weighted by atomic mass is 32.1. The fraction of sp³-hybridized carbons (Fsp3) is 0.257. The number of pyridine rings is 1. The molecule has 2 atom stereocenters. The lowest BCUT2D eigenvalue weighted by atomic mass is 9.90. The van der Waals surface area contributed by atoms with E-state index in [1.807, 2.05) is 56.0 Å². The van der Waals surface area contributed by atoms with Gasteiger partial charge in [0.1, 0.15) is 23.1 Å². The number of aryl methyl sites for hydroxylation is 1. The molecule has 1 aliphatic heterocycles. The molecule has 0 bridgehead atoms. The van der Waals surface area contributed by atoms with Gasteiger partial charge in [0.25, 0.3) is 0 Å². The highest BCUT2D eigenvalue weighted by molar-refractivity contribution is 7.17. The first kappa shape index (κ1) is 28.7. The Morgan fingerprint density at radius 2 is 1.83 bits per heavy atom. The number of rotatable bonds is 5. The van der Waals surface area contributed by atoms with E-state index in [1.165, 1.54) is 28.9 Å². The van der Waals surface area contributed by atoms with E-state index in [9.17, 15) is 9.18 Å². The summed E-state index contributed by atoms with van der Waals surface area (Å²) in [7, 11) is 1.85. The van der Waals surface area contributed by atoms with Crippen molar-refractivity contribution in [3.8, 4) is 33.8 Å². The van der Waals surface area contributed by atoms with Crippen LogP contribution in [0.4, 0.5) is 13.2 Å². The van der Waals surface area contributed by atoms with Gasteiger partial charge in [0.15, 0.2) is 0 Å². The van der Waals surface area contributed by atoms with E-state index in [1.54, 1.807) is 9.58 Å². The van der Waals surface area contributed by atoms with Crippen molar-refractivity contribution in [3.05, 3.63) is 89.3 Å². The molecule has 5 heterocycles. The van der Waals surface area contributed by atoms with Gasteiger partial charge in [-0.05, 0) is 62.4 Å². The lowest BCUT2D eigenvalue weighted by Crippen LogP contribution is -2.42. The normalized spacial score (nSPS) is 18.0. The summed E-state index contributed by atoms with van der Waals surface area (Å²) >= 11 is 1.19. The molecule has 7 nitrogen and oxygen atoms in total. The van der Waals surface area contributed by atoms with Gasteiger partial charge >= 0.3 is 0 Å². The summed E-state index contributed by atoms with van der Waals surface area (Å²) in [6.07, 6.45) is 4.79. The van der Waals surface area contributed by atoms with Crippen molar-refractivity contribution < 1.29 is 18.0 Å². The summed E-state index contributed by atoms with van der Waals surface area (Å²) in [6.45, 7) is 7.96. The molecule has 1 aliphatic carbocycles. The highest BCUT2D eigenvalue weighted by Gasteiger charge is 2.36. The van der Waals surface area contributed by atoms with Gasteiger partial charge in [-0.2, -0.15) is 10.2 Å². The van der Waals surface area contributed by atoms with Gasteiger partial charge < -0.3 is 4.90 Å². The molecule has 4 aromatic heterocycles. The summed E-state index contributed by atoms with van der Waals surface area (Å²) in [5, 5.41) is 12.1. The number of nitrogens with zero attached hydrogens (tertiary/aromatic N) is 6. The van der Waals surface area contributed by atoms with Crippen LogP contribution in [-0.2, 0) is 11.8 Å². The Morgan fingerprint density at radius 3 is 2.59 bits per heavy atom. The van der Waals surface area contributed by atoms with E-state index in [0.717, 1.165) is 41.1 Å². The molecule has 8 rings (SSSR count). The second-order valence-corrected chi connectivity index (χ2v) is 13.2. The first-order valence-corrected chi connectivity index (χ1v) is 16.1. The molecule has 232 valence electrons. The quantitative estimate of drug-likeness (QED) is 0.178. The summed E-state index contributed by atoms with van der Waals surface area (Å²) in [5.41, 5.74) is 4.37. The summed E-state index contributed by atoms with van der Waals surface area (Å²) in [6, 6.07) is 9.32. The molecule has 46 heavy (non-hydrogen) atoms. The van der Waals surface area contributed by atoms with Gasteiger partial charge in [-0.3, -0.25) is 14.2 Å². The van der Waals surface area contributed by atoms with Crippen LogP contribution in [0, 0.1) is 17.5 Å². The van der Waals surface area contributed by atoms with Crippen LogP contribution in [-0.4, -0.2) is 41.9 Å². The SMILES string of the molecule is C=CC(=O)N1C[C@H](C)n2nc(-c3nc(-c4ccc5cn(C)nc5c4)c4scc(F)c4c3-c3c(F)cc(F)cc3C3CC3)cc2[C@H]1C. The predicted molar refractivity (Wildman–Crippen MR) is 173 cm³/mol.